The Bertz CT molecular complexity index is 506. The van der Waals surface area contributed by atoms with Crippen LogP contribution in [0, 0.1) is 0 Å². The minimum Gasteiger partial charge on any atom is -0.322 e. The van der Waals surface area contributed by atoms with Gasteiger partial charge in [0.25, 0.3) is 0 Å². The summed E-state index contributed by atoms with van der Waals surface area (Å²) in [6.45, 7) is 2.08. The van der Waals surface area contributed by atoms with Crippen LogP contribution in [0.3, 0.4) is 0 Å². The second-order valence-electron chi connectivity index (χ2n) is 3.52. The van der Waals surface area contributed by atoms with Crippen LogP contribution in [-0.4, -0.2) is 10.1 Å². The van der Waals surface area contributed by atoms with Crippen molar-refractivity contribution in [1.29, 1.82) is 0 Å². The van der Waals surface area contributed by atoms with Crippen LogP contribution in [0.4, 0.5) is 5.69 Å². The fourth-order valence-corrected chi connectivity index (χ4v) is 1.93. The van der Waals surface area contributed by atoms with Crippen molar-refractivity contribution in [3.8, 4) is 0 Å². The van der Waals surface area contributed by atoms with Gasteiger partial charge in [0.2, 0.25) is 0 Å². The van der Waals surface area contributed by atoms with E-state index in [4.69, 9.17) is 0 Å². The van der Waals surface area contributed by atoms with E-state index in [0.29, 0.717) is 0 Å². The van der Waals surface area contributed by atoms with E-state index >= 15 is 0 Å². The summed E-state index contributed by atoms with van der Waals surface area (Å²) in [4.78, 5) is 4.54. The van der Waals surface area contributed by atoms with Gasteiger partial charge in [-0.25, -0.2) is 0 Å². The molecule has 1 aliphatic heterocycles. The van der Waals surface area contributed by atoms with Gasteiger partial charge in [-0.05, 0) is 19.1 Å². The second kappa shape index (κ2) is 2.22. The van der Waals surface area contributed by atoms with E-state index in [9.17, 15) is 0 Å². The topological polar surface area (TPSA) is 16.8 Å². The monoisotopic (exact) mass is 170 g/mol. The molecule has 0 spiro atoms. The molecule has 0 N–H and O–H groups in total. The van der Waals surface area contributed by atoms with E-state index in [1.54, 1.807) is 0 Å². The van der Waals surface area contributed by atoms with Crippen molar-refractivity contribution in [2.45, 2.75) is 13.3 Å². The largest absolute Gasteiger partial charge is 0.322 e. The summed E-state index contributed by atoms with van der Waals surface area (Å²) >= 11 is 0. The Hall–Kier alpha value is -1.57. The predicted octanol–water partition coefficient (Wildman–Crippen LogP) is 2.59. The Balaban J connectivity index is 2.41. The van der Waals surface area contributed by atoms with Crippen LogP contribution in [0.25, 0.3) is 5.52 Å². The van der Waals surface area contributed by atoms with E-state index in [0.717, 1.165) is 12.1 Å². The molecule has 2 heteroatoms. The molecule has 0 unspecified atom stereocenters. The van der Waals surface area contributed by atoms with Crippen LogP contribution in [0.5, 0.6) is 0 Å². The lowest BCUT2D eigenvalue weighted by Gasteiger charge is -1.93. The molecule has 0 radical (unpaired) electrons. The maximum absolute atomic E-state index is 4.54. The molecule has 0 saturated heterocycles. The number of aliphatic imine (C=N–C) groups is 1. The van der Waals surface area contributed by atoms with Crippen LogP contribution in [0.2, 0.25) is 0 Å². The Labute approximate surface area is 76.5 Å². The quantitative estimate of drug-likeness (QED) is 0.578. The molecule has 0 bridgehead atoms. The first-order valence-electron chi connectivity index (χ1n) is 4.47. The number of fused-ring (bicyclic) bond motifs is 3. The summed E-state index contributed by atoms with van der Waals surface area (Å²) in [6.07, 6.45) is 5.25. The summed E-state index contributed by atoms with van der Waals surface area (Å²) in [5.74, 6) is 0. The van der Waals surface area contributed by atoms with Crippen LogP contribution in [0.1, 0.15) is 12.5 Å². The molecule has 2 aromatic rings. The molecule has 0 atom stereocenters. The molecule has 1 aliphatic rings. The molecule has 0 amide bonds. The summed E-state index contributed by atoms with van der Waals surface area (Å²) < 4.78 is 2.14. The van der Waals surface area contributed by atoms with Gasteiger partial charge in [-0.3, -0.25) is 4.99 Å². The van der Waals surface area contributed by atoms with Gasteiger partial charge in [0.15, 0.2) is 0 Å². The molecule has 0 fully saturated rings. The number of rotatable bonds is 0. The van der Waals surface area contributed by atoms with E-state index < -0.39 is 0 Å². The van der Waals surface area contributed by atoms with Crippen LogP contribution >= 0.6 is 0 Å². The molecule has 0 aromatic carbocycles. The Morgan fingerprint density at radius 2 is 2.31 bits per heavy atom. The molecule has 2 nitrogen and oxygen atoms in total. The van der Waals surface area contributed by atoms with E-state index in [1.165, 1.54) is 16.8 Å². The smallest absolute Gasteiger partial charge is 0.0919 e. The SMILES string of the molecule is CC1=Nc2c(cn3ccccc23)C1. The number of hydrogen-bond donors (Lipinski definition) is 0. The number of nitrogens with zero attached hydrogens (tertiary/aromatic N) is 2. The first kappa shape index (κ1) is 6.89. The molecule has 13 heavy (non-hydrogen) atoms. The molecule has 3 rings (SSSR count). The Morgan fingerprint density at radius 3 is 3.23 bits per heavy atom. The van der Waals surface area contributed by atoms with E-state index in [1.807, 2.05) is 6.07 Å². The minimum atomic E-state index is 1.01. The third kappa shape index (κ3) is 0.856. The third-order valence-corrected chi connectivity index (χ3v) is 2.48. The van der Waals surface area contributed by atoms with Crippen molar-refractivity contribution < 1.29 is 0 Å². The van der Waals surface area contributed by atoms with Crippen LogP contribution < -0.4 is 0 Å². The standard InChI is InChI=1S/C11H10N2/c1-8-6-9-7-13-5-3-2-4-10(13)11(9)12-8/h2-5,7H,6H2,1H3. The summed E-state index contributed by atoms with van der Waals surface area (Å²) in [7, 11) is 0. The second-order valence-corrected chi connectivity index (χ2v) is 3.52. The number of pyridine rings is 1. The van der Waals surface area contributed by atoms with Gasteiger partial charge in [-0.2, -0.15) is 0 Å². The predicted molar refractivity (Wildman–Crippen MR) is 53.9 cm³/mol. The molecule has 2 aromatic heterocycles. The normalized spacial score (nSPS) is 14.7. The lowest BCUT2D eigenvalue weighted by Crippen LogP contribution is -1.89. The molecule has 64 valence electrons. The Morgan fingerprint density at radius 1 is 1.38 bits per heavy atom. The summed E-state index contributed by atoms with van der Waals surface area (Å²) in [5, 5.41) is 0. The van der Waals surface area contributed by atoms with Gasteiger partial charge < -0.3 is 4.40 Å². The molecular formula is C11H10N2. The van der Waals surface area contributed by atoms with Crippen molar-refractivity contribution >= 4 is 16.9 Å². The van der Waals surface area contributed by atoms with Crippen molar-refractivity contribution in [2.75, 3.05) is 0 Å². The lowest BCUT2D eigenvalue weighted by atomic mass is 10.2. The summed E-state index contributed by atoms with van der Waals surface area (Å²) in [5.41, 5.74) is 4.95. The van der Waals surface area contributed by atoms with Crippen molar-refractivity contribution in [3.05, 3.63) is 36.2 Å². The zero-order chi connectivity index (χ0) is 8.84. The van der Waals surface area contributed by atoms with Crippen LogP contribution in [-0.2, 0) is 6.42 Å². The Kier molecular flexibility index (Phi) is 1.18. The molecular weight excluding hydrogens is 160 g/mol. The molecule has 0 aliphatic carbocycles. The van der Waals surface area contributed by atoms with Gasteiger partial charge in [0, 0.05) is 30.1 Å². The highest BCUT2D eigenvalue weighted by atomic mass is 14.9. The molecule has 3 heterocycles. The highest BCUT2D eigenvalue weighted by Gasteiger charge is 2.15. The fraction of sp³-hybridized carbons (Fsp3) is 0.182. The van der Waals surface area contributed by atoms with Crippen molar-refractivity contribution in [3.63, 3.8) is 0 Å². The van der Waals surface area contributed by atoms with Gasteiger partial charge in [-0.15, -0.1) is 0 Å². The first-order valence-corrected chi connectivity index (χ1v) is 4.47. The van der Waals surface area contributed by atoms with E-state index in [2.05, 4.69) is 40.8 Å². The zero-order valence-electron chi connectivity index (χ0n) is 7.49. The fourth-order valence-electron chi connectivity index (χ4n) is 1.93. The minimum absolute atomic E-state index is 1.01. The molecule has 0 saturated carbocycles. The van der Waals surface area contributed by atoms with E-state index in [-0.39, 0.29) is 0 Å². The van der Waals surface area contributed by atoms with Gasteiger partial charge in [-0.1, -0.05) is 6.07 Å². The average molecular weight is 170 g/mol. The van der Waals surface area contributed by atoms with Gasteiger partial charge in [0.1, 0.15) is 0 Å². The highest BCUT2D eigenvalue weighted by molar-refractivity contribution is 5.96. The number of aromatic nitrogens is 1. The number of hydrogen-bond acceptors (Lipinski definition) is 1. The third-order valence-electron chi connectivity index (χ3n) is 2.48. The highest BCUT2D eigenvalue weighted by Crippen LogP contribution is 2.32. The summed E-state index contributed by atoms with van der Waals surface area (Å²) in [6, 6.07) is 6.21. The average Bonchev–Trinajstić information content (AvgIpc) is 2.60. The van der Waals surface area contributed by atoms with Gasteiger partial charge in [0.05, 0.1) is 11.2 Å². The van der Waals surface area contributed by atoms with Crippen molar-refractivity contribution in [1.82, 2.24) is 4.40 Å². The van der Waals surface area contributed by atoms with Gasteiger partial charge >= 0.3 is 0 Å². The maximum Gasteiger partial charge on any atom is 0.0919 e. The van der Waals surface area contributed by atoms with Crippen molar-refractivity contribution in [2.24, 2.45) is 4.99 Å². The first-order chi connectivity index (χ1) is 6.34. The van der Waals surface area contributed by atoms with Crippen LogP contribution in [0.15, 0.2) is 35.6 Å². The lowest BCUT2D eigenvalue weighted by molar-refractivity contribution is 1.17. The zero-order valence-corrected chi connectivity index (χ0v) is 7.49. The maximum atomic E-state index is 4.54.